The van der Waals surface area contributed by atoms with Crippen molar-refractivity contribution in [3.63, 3.8) is 0 Å². The first-order valence-corrected chi connectivity index (χ1v) is 5.74. The lowest BCUT2D eigenvalue weighted by atomic mass is 10.3. The molecule has 2 aromatic heterocycles. The minimum atomic E-state index is -0.547. The monoisotopic (exact) mass is 287 g/mol. The maximum Gasteiger partial charge on any atom is 0.186 e. The molecule has 0 aliphatic rings. The van der Waals surface area contributed by atoms with E-state index >= 15 is 0 Å². The zero-order valence-electron chi connectivity index (χ0n) is 7.79. The molecule has 0 saturated heterocycles. The molecule has 78 valence electrons. The number of hydrogen-bond acceptors (Lipinski definition) is 4. The van der Waals surface area contributed by atoms with E-state index in [2.05, 4.69) is 25.9 Å². The smallest absolute Gasteiger partial charge is 0.186 e. The van der Waals surface area contributed by atoms with Gasteiger partial charge >= 0.3 is 0 Å². The molecular formula is C9H7BrFN3S. The fourth-order valence-corrected chi connectivity index (χ4v) is 2.45. The summed E-state index contributed by atoms with van der Waals surface area (Å²) in [6, 6.07) is 3.75. The van der Waals surface area contributed by atoms with Gasteiger partial charge in [0.15, 0.2) is 17.5 Å². The molecule has 0 aliphatic carbocycles. The number of aromatic nitrogens is 2. The summed E-state index contributed by atoms with van der Waals surface area (Å²) >= 11 is 4.82. The third kappa shape index (κ3) is 2.00. The lowest BCUT2D eigenvalue weighted by molar-refractivity contribution is 0.608. The Hall–Kier alpha value is -1.01. The lowest BCUT2D eigenvalue weighted by Gasteiger charge is -2.02. The Bertz CT molecular complexity index is 489. The van der Waals surface area contributed by atoms with Gasteiger partial charge in [0.1, 0.15) is 0 Å². The minimum Gasteiger partial charge on any atom is -0.381 e. The highest BCUT2D eigenvalue weighted by Crippen LogP contribution is 2.30. The molecule has 0 unspecified atom stereocenters. The second-order valence-corrected chi connectivity index (χ2v) is 5.40. The predicted octanol–water partition coefficient (Wildman–Crippen LogP) is 3.00. The lowest BCUT2D eigenvalue weighted by Crippen LogP contribution is -2.02. The van der Waals surface area contributed by atoms with Crippen LogP contribution in [-0.4, -0.2) is 9.97 Å². The van der Waals surface area contributed by atoms with E-state index in [0.29, 0.717) is 5.82 Å². The van der Waals surface area contributed by atoms with Crippen LogP contribution in [0.2, 0.25) is 0 Å². The summed E-state index contributed by atoms with van der Waals surface area (Å²) in [5, 5.41) is 0. The van der Waals surface area contributed by atoms with Gasteiger partial charge in [-0.25, -0.2) is 14.4 Å². The van der Waals surface area contributed by atoms with Crippen LogP contribution in [0.1, 0.15) is 5.69 Å². The van der Waals surface area contributed by atoms with Crippen LogP contribution in [0.25, 0.3) is 10.7 Å². The van der Waals surface area contributed by atoms with Crippen molar-refractivity contribution in [1.82, 2.24) is 9.97 Å². The number of anilines is 1. The molecule has 0 aliphatic heterocycles. The standard InChI is InChI=1S/C9H7BrFN3S/c1-4-7(11)8(12)14-9(13-4)5-2-3-6(10)15-5/h2-3H,1H3,(H2,12,13,14). The predicted molar refractivity (Wildman–Crippen MR) is 62.2 cm³/mol. The molecule has 6 heteroatoms. The van der Waals surface area contributed by atoms with Crippen LogP contribution in [0.5, 0.6) is 0 Å². The van der Waals surface area contributed by atoms with Crippen molar-refractivity contribution < 1.29 is 4.39 Å². The van der Waals surface area contributed by atoms with Crippen molar-refractivity contribution >= 4 is 33.1 Å². The summed E-state index contributed by atoms with van der Waals surface area (Å²) in [5.41, 5.74) is 5.70. The molecule has 2 heterocycles. The van der Waals surface area contributed by atoms with Crippen LogP contribution in [-0.2, 0) is 0 Å². The number of nitrogen functional groups attached to an aromatic ring is 1. The molecule has 15 heavy (non-hydrogen) atoms. The fourth-order valence-electron chi connectivity index (χ4n) is 1.13. The first-order valence-electron chi connectivity index (χ1n) is 4.13. The van der Waals surface area contributed by atoms with Crippen molar-refractivity contribution in [2.75, 3.05) is 5.73 Å². The van der Waals surface area contributed by atoms with Crippen molar-refractivity contribution in [3.05, 3.63) is 27.4 Å². The Labute approximate surface area is 98.3 Å². The fraction of sp³-hybridized carbons (Fsp3) is 0.111. The van der Waals surface area contributed by atoms with Gasteiger partial charge in [-0.15, -0.1) is 11.3 Å². The minimum absolute atomic E-state index is 0.109. The molecule has 0 fully saturated rings. The average Bonchev–Trinajstić information content (AvgIpc) is 2.60. The normalized spacial score (nSPS) is 10.6. The summed E-state index contributed by atoms with van der Waals surface area (Å²) in [7, 11) is 0. The number of aryl methyl sites for hydroxylation is 1. The SMILES string of the molecule is Cc1nc(-c2ccc(Br)s2)nc(N)c1F. The van der Waals surface area contributed by atoms with Crippen molar-refractivity contribution in [2.24, 2.45) is 0 Å². The maximum absolute atomic E-state index is 13.2. The van der Waals surface area contributed by atoms with E-state index in [4.69, 9.17) is 5.73 Å². The van der Waals surface area contributed by atoms with E-state index in [0.717, 1.165) is 8.66 Å². The van der Waals surface area contributed by atoms with Crippen molar-refractivity contribution in [1.29, 1.82) is 0 Å². The zero-order chi connectivity index (χ0) is 11.0. The number of rotatable bonds is 1. The molecule has 2 N–H and O–H groups in total. The van der Waals surface area contributed by atoms with Crippen LogP contribution >= 0.6 is 27.3 Å². The van der Waals surface area contributed by atoms with Crippen LogP contribution in [0.4, 0.5) is 10.2 Å². The molecule has 0 atom stereocenters. The number of halogens is 2. The summed E-state index contributed by atoms with van der Waals surface area (Å²) in [6.07, 6.45) is 0. The Morgan fingerprint density at radius 3 is 2.67 bits per heavy atom. The molecular weight excluding hydrogens is 281 g/mol. The Morgan fingerprint density at radius 2 is 2.13 bits per heavy atom. The largest absolute Gasteiger partial charge is 0.381 e. The van der Waals surface area contributed by atoms with Gasteiger partial charge in [-0.3, -0.25) is 0 Å². The highest BCUT2D eigenvalue weighted by molar-refractivity contribution is 9.11. The molecule has 0 radical (unpaired) electrons. The Kier molecular flexibility index (Phi) is 2.70. The summed E-state index contributed by atoms with van der Waals surface area (Å²) < 4.78 is 14.1. The van der Waals surface area contributed by atoms with Gasteiger partial charge in [0, 0.05) is 0 Å². The molecule has 2 rings (SSSR count). The first-order chi connectivity index (χ1) is 7.08. The third-order valence-electron chi connectivity index (χ3n) is 1.84. The number of thiophene rings is 1. The van der Waals surface area contributed by atoms with E-state index in [9.17, 15) is 4.39 Å². The van der Waals surface area contributed by atoms with E-state index in [-0.39, 0.29) is 11.5 Å². The Balaban J connectivity index is 2.55. The first kappa shape index (κ1) is 10.5. The van der Waals surface area contributed by atoms with Gasteiger partial charge in [0.25, 0.3) is 0 Å². The van der Waals surface area contributed by atoms with E-state index < -0.39 is 5.82 Å². The Morgan fingerprint density at radius 1 is 1.40 bits per heavy atom. The van der Waals surface area contributed by atoms with E-state index in [1.54, 1.807) is 6.92 Å². The van der Waals surface area contributed by atoms with Gasteiger partial charge in [0.2, 0.25) is 0 Å². The average molecular weight is 288 g/mol. The van der Waals surface area contributed by atoms with Crippen molar-refractivity contribution in [2.45, 2.75) is 6.92 Å². The quantitative estimate of drug-likeness (QED) is 0.877. The van der Waals surface area contributed by atoms with E-state index in [1.165, 1.54) is 11.3 Å². The van der Waals surface area contributed by atoms with Gasteiger partial charge in [-0.1, -0.05) is 0 Å². The van der Waals surface area contributed by atoms with Gasteiger partial charge in [0.05, 0.1) is 14.4 Å². The summed E-state index contributed by atoms with van der Waals surface area (Å²) in [5.74, 6) is -0.196. The zero-order valence-corrected chi connectivity index (χ0v) is 10.2. The summed E-state index contributed by atoms with van der Waals surface area (Å²) in [6.45, 7) is 1.57. The molecule has 0 amide bonds. The van der Waals surface area contributed by atoms with Gasteiger partial charge in [-0.2, -0.15) is 0 Å². The molecule has 0 aromatic carbocycles. The van der Waals surface area contributed by atoms with Crippen LogP contribution in [0, 0.1) is 12.7 Å². The maximum atomic E-state index is 13.2. The van der Waals surface area contributed by atoms with Crippen molar-refractivity contribution in [3.8, 4) is 10.7 Å². The topological polar surface area (TPSA) is 51.8 Å². The second-order valence-electron chi connectivity index (χ2n) is 2.94. The molecule has 3 nitrogen and oxygen atoms in total. The third-order valence-corrected chi connectivity index (χ3v) is 3.46. The van der Waals surface area contributed by atoms with E-state index in [1.807, 2.05) is 12.1 Å². The molecule has 0 bridgehead atoms. The highest BCUT2D eigenvalue weighted by Gasteiger charge is 2.11. The van der Waals surface area contributed by atoms with Gasteiger partial charge in [-0.05, 0) is 35.0 Å². The highest BCUT2D eigenvalue weighted by atomic mass is 79.9. The molecule has 0 spiro atoms. The number of nitrogens with two attached hydrogens (primary N) is 1. The van der Waals surface area contributed by atoms with Gasteiger partial charge < -0.3 is 5.73 Å². The molecule has 2 aromatic rings. The number of hydrogen-bond donors (Lipinski definition) is 1. The molecule has 0 saturated carbocycles. The van der Waals surface area contributed by atoms with Crippen LogP contribution in [0.15, 0.2) is 15.9 Å². The second kappa shape index (κ2) is 3.86. The van der Waals surface area contributed by atoms with Crippen LogP contribution < -0.4 is 5.73 Å². The summed E-state index contributed by atoms with van der Waals surface area (Å²) in [4.78, 5) is 8.80. The number of nitrogens with zero attached hydrogens (tertiary/aromatic N) is 2. The van der Waals surface area contributed by atoms with Crippen LogP contribution in [0.3, 0.4) is 0 Å².